The Bertz CT molecular complexity index is 1130. The molecular weight excluding hydrogens is 406 g/mol. The molecular formula is C20H21N5O2S2. The zero-order valence-electron chi connectivity index (χ0n) is 16.3. The number of anilines is 1. The molecule has 29 heavy (non-hydrogen) atoms. The average molecular weight is 428 g/mol. The van der Waals surface area contributed by atoms with Crippen LogP contribution in [-0.2, 0) is 6.42 Å². The lowest BCUT2D eigenvalue weighted by Gasteiger charge is -2.29. The van der Waals surface area contributed by atoms with E-state index in [4.69, 9.17) is 22.4 Å². The Morgan fingerprint density at radius 3 is 2.83 bits per heavy atom. The van der Waals surface area contributed by atoms with Crippen LogP contribution in [0, 0.1) is 12.3 Å². The fourth-order valence-corrected chi connectivity index (χ4v) is 4.53. The number of hydrazone groups is 1. The van der Waals surface area contributed by atoms with Gasteiger partial charge in [-0.2, -0.15) is 5.10 Å². The molecule has 150 valence electrons. The van der Waals surface area contributed by atoms with Crippen molar-refractivity contribution in [1.29, 1.82) is 0 Å². The van der Waals surface area contributed by atoms with Crippen molar-refractivity contribution in [2.45, 2.75) is 33.6 Å². The van der Waals surface area contributed by atoms with Crippen molar-refractivity contribution in [3.05, 3.63) is 46.9 Å². The van der Waals surface area contributed by atoms with Gasteiger partial charge in [-0.1, -0.05) is 37.3 Å². The summed E-state index contributed by atoms with van der Waals surface area (Å²) in [5.41, 5.74) is 11.4. The lowest BCUT2D eigenvalue weighted by atomic mass is 9.75. The molecule has 0 saturated heterocycles. The Balaban J connectivity index is 1.67. The number of rotatable bonds is 3. The first kappa shape index (κ1) is 19.5. The molecule has 1 aromatic carbocycles. The van der Waals surface area contributed by atoms with Gasteiger partial charge < -0.3 is 10.2 Å². The number of amides is 1. The molecule has 0 saturated carbocycles. The minimum Gasteiger partial charge on any atom is -0.455 e. The Hall–Kier alpha value is -2.78. The molecule has 4 N–H and O–H groups in total. The quantitative estimate of drug-likeness (QED) is 0.432. The summed E-state index contributed by atoms with van der Waals surface area (Å²) in [5.74, 6) is 0.696. The largest absolute Gasteiger partial charge is 0.455 e. The highest BCUT2D eigenvalue weighted by molar-refractivity contribution is 7.80. The predicted octanol–water partition coefficient (Wildman–Crippen LogP) is 3.96. The van der Waals surface area contributed by atoms with Crippen LogP contribution in [0.4, 0.5) is 5.13 Å². The fraction of sp³-hybridized carbons (Fsp3) is 0.300. The number of nitrogens with two attached hydrogens (primary N) is 1. The molecule has 1 amide bonds. The standard InChI is InChI=1S/C20H21N5O2S2/c1-10-15-12(24-25-18(21)28)8-20(2,3)9-13(15)27-16(10)17(26)23-19-22-11-6-4-5-7-14(11)29-19/h4-7H,8-9H2,1-3H3,(H3,21,25,28)(H,22,23,26)/b24-12-. The highest BCUT2D eigenvalue weighted by Gasteiger charge is 2.36. The third kappa shape index (κ3) is 3.88. The van der Waals surface area contributed by atoms with Gasteiger partial charge in [0.05, 0.1) is 15.9 Å². The molecule has 7 nitrogen and oxygen atoms in total. The third-order valence-electron chi connectivity index (χ3n) is 4.82. The number of hydrogen-bond acceptors (Lipinski definition) is 6. The van der Waals surface area contributed by atoms with Gasteiger partial charge in [0.25, 0.3) is 5.91 Å². The molecule has 1 aliphatic carbocycles. The van der Waals surface area contributed by atoms with E-state index in [9.17, 15) is 4.79 Å². The molecule has 3 aromatic rings. The summed E-state index contributed by atoms with van der Waals surface area (Å²) in [4.78, 5) is 17.4. The van der Waals surface area contributed by atoms with E-state index in [1.54, 1.807) is 0 Å². The summed E-state index contributed by atoms with van der Waals surface area (Å²) >= 11 is 6.29. The van der Waals surface area contributed by atoms with E-state index >= 15 is 0 Å². The number of thiazole rings is 1. The molecule has 9 heteroatoms. The Labute approximate surface area is 177 Å². The summed E-state index contributed by atoms with van der Waals surface area (Å²) in [7, 11) is 0. The first-order chi connectivity index (χ1) is 13.7. The molecule has 0 bridgehead atoms. The number of nitrogens with zero attached hydrogens (tertiary/aromatic N) is 2. The molecule has 2 heterocycles. The van der Waals surface area contributed by atoms with Crippen LogP contribution >= 0.6 is 23.6 Å². The maximum atomic E-state index is 12.9. The highest BCUT2D eigenvalue weighted by Crippen LogP contribution is 2.39. The van der Waals surface area contributed by atoms with Crippen molar-refractivity contribution in [3.63, 3.8) is 0 Å². The molecule has 0 atom stereocenters. The van der Waals surface area contributed by atoms with Gasteiger partial charge in [-0.3, -0.25) is 15.5 Å². The van der Waals surface area contributed by atoms with Crippen LogP contribution in [-0.4, -0.2) is 21.7 Å². The second-order valence-electron chi connectivity index (χ2n) is 7.85. The minimum absolute atomic E-state index is 0.0607. The van der Waals surface area contributed by atoms with Crippen molar-refractivity contribution in [2.24, 2.45) is 16.3 Å². The molecule has 0 unspecified atom stereocenters. The average Bonchev–Trinajstić information content (AvgIpc) is 3.19. The molecule has 0 radical (unpaired) electrons. The molecule has 0 spiro atoms. The topological polar surface area (TPSA) is 106 Å². The van der Waals surface area contributed by atoms with Crippen LogP contribution in [0.3, 0.4) is 0 Å². The third-order valence-corrected chi connectivity index (χ3v) is 5.86. The molecule has 2 aromatic heterocycles. The van der Waals surface area contributed by atoms with Gasteiger partial charge in [-0.05, 0) is 43.1 Å². The summed E-state index contributed by atoms with van der Waals surface area (Å²) in [6, 6.07) is 7.75. The molecule has 4 rings (SSSR count). The number of aromatic nitrogens is 1. The zero-order valence-corrected chi connectivity index (χ0v) is 18.0. The van der Waals surface area contributed by atoms with E-state index in [2.05, 4.69) is 34.7 Å². The van der Waals surface area contributed by atoms with Crippen LogP contribution < -0.4 is 16.5 Å². The van der Waals surface area contributed by atoms with Gasteiger partial charge in [0.1, 0.15) is 5.76 Å². The van der Waals surface area contributed by atoms with E-state index in [0.717, 1.165) is 39.2 Å². The minimum atomic E-state index is -0.324. The number of benzene rings is 1. The number of carbonyl (C=O) groups is 1. The van der Waals surface area contributed by atoms with E-state index in [0.29, 0.717) is 11.6 Å². The van der Waals surface area contributed by atoms with Crippen molar-refractivity contribution >= 4 is 55.6 Å². The molecule has 1 aliphatic rings. The molecule has 0 fully saturated rings. The highest BCUT2D eigenvalue weighted by atomic mass is 32.1. The van der Waals surface area contributed by atoms with Gasteiger partial charge in [-0.15, -0.1) is 0 Å². The van der Waals surface area contributed by atoms with E-state index in [1.165, 1.54) is 11.3 Å². The van der Waals surface area contributed by atoms with Gasteiger partial charge in [0.2, 0.25) is 0 Å². The second-order valence-corrected chi connectivity index (χ2v) is 9.32. The molecule has 0 aliphatic heterocycles. The SMILES string of the molecule is Cc1c(C(=O)Nc2nc3ccccc3s2)oc2c1/C(=N\NC(N)=S)CC(C)(C)C2. The second kappa shape index (κ2) is 7.23. The zero-order chi connectivity index (χ0) is 20.8. The van der Waals surface area contributed by atoms with E-state index in [-0.39, 0.29) is 22.2 Å². The van der Waals surface area contributed by atoms with Gasteiger partial charge in [0, 0.05) is 17.5 Å². The van der Waals surface area contributed by atoms with Crippen molar-refractivity contribution in [3.8, 4) is 0 Å². The maximum absolute atomic E-state index is 12.9. The van der Waals surface area contributed by atoms with Gasteiger partial charge in [-0.25, -0.2) is 4.98 Å². The number of carbonyl (C=O) groups excluding carboxylic acids is 1. The number of para-hydroxylation sites is 1. The number of nitrogens with one attached hydrogen (secondary N) is 2. The lowest BCUT2D eigenvalue weighted by Crippen LogP contribution is -2.31. The fourth-order valence-electron chi connectivity index (χ4n) is 3.63. The smallest absolute Gasteiger partial charge is 0.293 e. The predicted molar refractivity (Wildman–Crippen MR) is 120 cm³/mol. The normalized spacial score (nSPS) is 16.6. The monoisotopic (exact) mass is 427 g/mol. The Morgan fingerprint density at radius 1 is 1.34 bits per heavy atom. The number of thiocarbonyl (C=S) groups is 1. The number of fused-ring (bicyclic) bond motifs is 2. The van der Waals surface area contributed by atoms with E-state index < -0.39 is 0 Å². The van der Waals surface area contributed by atoms with Crippen LogP contribution in [0.15, 0.2) is 33.8 Å². The summed E-state index contributed by atoms with van der Waals surface area (Å²) in [5, 5.41) is 7.86. The van der Waals surface area contributed by atoms with Crippen LogP contribution in [0.25, 0.3) is 10.2 Å². The lowest BCUT2D eigenvalue weighted by molar-refractivity contribution is 0.0993. The van der Waals surface area contributed by atoms with Gasteiger partial charge >= 0.3 is 0 Å². The maximum Gasteiger partial charge on any atom is 0.293 e. The van der Waals surface area contributed by atoms with Gasteiger partial charge in [0.15, 0.2) is 16.0 Å². The first-order valence-electron chi connectivity index (χ1n) is 9.15. The van der Waals surface area contributed by atoms with E-state index in [1.807, 2.05) is 31.2 Å². The van der Waals surface area contributed by atoms with Crippen LogP contribution in [0.2, 0.25) is 0 Å². The van der Waals surface area contributed by atoms with Crippen molar-refractivity contribution in [1.82, 2.24) is 10.4 Å². The Kier molecular flexibility index (Phi) is 4.87. The number of hydrogen-bond donors (Lipinski definition) is 3. The van der Waals surface area contributed by atoms with Crippen LogP contribution in [0.5, 0.6) is 0 Å². The first-order valence-corrected chi connectivity index (χ1v) is 10.4. The van der Waals surface area contributed by atoms with Crippen LogP contribution in [0.1, 0.15) is 47.7 Å². The summed E-state index contributed by atoms with van der Waals surface area (Å²) in [6.07, 6.45) is 1.43. The Morgan fingerprint density at radius 2 is 2.10 bits per heavy atom. The summed E-state index contributed by atoms with van der Waals surface area (Å²) < 4.78 is 7.02. The van der Waals surface area contributed by atoms with Crippen molar-refractivity contribution < 1.29 is 9.21 Å². The number of furan rings is 1. The van der Waals surface area contributed by atoms with Crippen molar-refractivity contribution in [2.75, 3.05) is 5.32 Å². The summed E-state index contributed by atoms with van der Waals surface area (Å²) in [6.45, 7) is 6.13.